The number of piperazine rings is 1. The van der Waals surface area contributed by atoms with Crippen molar-refractivity contribution < 1.29 is 17.9 Å². The highest BCUT2D eigenvalue weighted by Crippen LogP contribution is 2.25. The van der Waals surface area contributed by atoms with E-state index in [0.717, 1.165) is 37.6 Å². The SMILES string of the molecule is CN(C)CCS(=O)(=O)c1cccnc1Cn1c(=O)c(C(=O)C2CCOCC2)cc2cnc(Nc3ccc(N4CCNCC4)cc3)nc21. The first kappa shape index (κ1) is 32.7. The molecule has 5 heterocycles. The van der Waals surface area contributed by atoms with Gasteiger partial charge in [0.25, 0.3) is 5.56 Å². The minimum Gasteiger partial charge on any atom is -0.381 e. The van der Waals surface area contributed by atoms with Crippen LogP contribution in [0.15, 0.2) is 64.5 Å². The van der Waals surface area contributed by atoms with Crippen LogP contribution in [-0.2, 0) is 21.1 Å². The van der Waals surface area contributed by atoms with Crippen molar-refractivity contribution in [1.82, 2.24) is 29.7 Å². The van der Waals surface area contributed by atoms with Crippen LogP contribution in [0.3, 0.4) is 0 Å². The van der Waals surface area contributed by atoms with Gasteiger partial charge in [-0.2, -0.15) is 4.98 Å². The lowest BCUT2D eigenvalue weighted by Gasteiger charge is -2.29. The van der Waals surface area contributed by atoms with Crippen LogP contribution in [0.25, 0.3) is 11.0 Å². The Morgan fingerprint density at radius 3 is 2.55 bits per heavy atom. The van der Waals surface area contributed by atoms with Gasteiger partial charge in [0.2, 0.25) is 5.95 Å². The number of aromatic nitrogens is 4. The van der Waals surface area contributed by atoms with E-state index in [9.17, 15) is 18.0 Å². The number of fused-ring (bicyclic) bond motifs is 1. The van der Waals surface area contributed by atoms with Crippen LogP contribution < -0.4 is 21.1 Å². The lowest BCUT2D eigenvalue weighted by molar-refractivity contribution is 0.0543. The summed E-state index contributed by atoms with van der Waals surface area (Å²) in [6, 6.07) is 12.6. The molecule has 13 nitrogen and oxygen atoms in total. The summed E-state index contributed by atoms with van der Waals surface area (Å²) < 4.78 is 33.6. The fourth-order valence-electron chi connectivity index (χ4n) is 5.92. The van der Waals surface area contributed by atoms with Crippen molar-refractivity contribution in [3.8, 4) is 0 Å². The number of pyridine rings is 2. The molecule has 2 N–H and O–H groups in total. The Balaban J connectivity index is 1.38. The molecule has 0 aliphatic carbocycles. The Labute approximate surface area is 273 Å². The second kappa shape index (κ2) is 14.3. The number of Topliss-reactive ketones (excluding diaryl/α,β-unsaturated/α-hetero) is 1. The van der Waals surface area contributed by atoms with Crippen LogP contribution in [0.1, 0.15) is 28.9 Å². The fraction of sp³-hybridized carbons (Fsp3) is 0.424. The molecule has 2 saturated heterocycles. The van der Waals surface area contributed by atoms with Crippen molar-refractivity contribution in [3.05, 3.63) is 76.5 Å². The number of nitrogens with one attached hydrogen (secondary N) is 2. The summed E-state index contributed by atoms with van der Waals surface area (Å²) in [7, 11) is -0.121. The number of carbonyl (C=O) groups is 1. The fourth-order valence-corrected chi connectivity index (χ4v) is 7.51. The number of ether oxygens (including phenoxy) is 1. The third-order valence-electron chi connectivity index (χ3n) is 8.59. The highest BCUT2D eigenvalue weighted by atomic mass is 32.2. The monoisotopic (exact) mass is 660 g/mol. The average molecular weight is 661 g/mol. The van der Waals surface area contributed by atoms with Crippen molar-refractivity contribution in [1.29, 1.82) is 0 Å². The molecule has 2 fully saturated rings. The topological polar surface area (TPSA) is 152 Å². The van der Waals surface area contributed by atoms with Gasteiger partial charge in [-0.25, -0.2) is 13.4 Å². The number of nitrogens with zero attached hydrogens (tertiary/aromatic N) is 6. The number of benzene rings is 1. The third kappa shape index (κ3) is 7.51. The standard InChI is InChI=1S/C33H40N8O5S/c1-39(2)16-19-47(44,45)29-4-3-11-35-28(29)22-41-31-24(20-27(32(41)43)30(42)23-9-17-46-18-10-23)21-36-33(38-31)37-25-5-7-26(8-6-25)40-14-12-34-13-15-40/h3-8,11,20-21,23,34H,9-10,12-19,22H2,1-2H3,(H,36,37,38). The summed E-state index contributed by atoms with van der Waals surface area (Å²) in [6.07, 6.45) is 4.12. The Morgan fingerprint density at radius 2 is 1.83 bits per heavy atom. The maximum absolute atomic E-state index is 14.1. The van der Waals surface area contributed by atoms with E-state index >= 15 is 0 Å². The average Bonchev–Trinajstić information content (AvgIpc) is 3.09. The summed E-state index contributed by atoms with van der Waals surface area (Å²) in [5.41, 5.74) is 1.81. The molecule has 0 radical (unpaired) electrons. The highest BCUT2D eigenvalue weighted by molar-refractivity contribution is 7.91. The van der Waals surface area contributed by atoms with Gasteiger partial charge in [0.05, 0.1) is 28.5 Å². The Hall–Kier alpha value is -4.24. The first-order valence-corrected chi connectivity index (χ1v) is 17.5. The second-order valence-corrected chi connectivity index (χ2v) is 14.2. The van der Waals surface area contributed by atoms with Crippen LogP contribution in [0.5, 0.6) is 0 Å². The van der Waals surface area contributed by atoms with Gasteiger partial charge in [0, 0.05) is 81.0 Å². The van der Waals surface area contributed by atoms with Crippen molar-refractivity contribution >= 4 is 44.0 Å². The van der Waals surface area contributed by atoms with E-state index in [1.807, 2.05) is 24.3 Å². The Bertz CT molecular complexity index is 1900. The molecule has 0 amide bonds. The van der Waals surface area contributed by atoms with E-state index in [1.165, 1.54) is 16.8 Å². The summed E-state index contributed by atoms with van der Waals surface area (Å²) in [4.78, 5) is 45.5. The molecule has 4 aromatic rings. The van der Waals surface area contributed by atoms with E-state index in [4.69, 9.17) is 9.72 Å². The molecule has 1 aromatic carbocycles. The largest absolute Gasteiger partial charge is 0.381 e. The van der Waals surface area contributed by atoms with Crippen molar-refractivity contribution in [2.24, 2.45) is 5.92 Å². The molecule has 0 atom stereocenters. The van der Waals surface area contributed by atoms with Crippen LogP contribution in [0.2, 0.25) is 0 Å². The minimum absolute atomic E-state index is 0.0187. The van der Waals surface area contributed by atoms with Gasteiger partial charge in [-0.1, -0.05) is 0 Å². The van der Waals surface area contributed by atoms with E-state index < -0.39 is 15.4 Å². The second-order valence-electron chi connectivity index (χ2n) is 12.2. The van der Waals surface area contributed by atoms with E-state index in [-0.39, 0.29) is 51.7 Å². The molecule has 0 saturated carbocycles. The number of ketones is 1. The van der Waals surface area contributed by atoms with Gasteiger partial charge in [0.1, 0.15) is 5.65 Å². The van der Waals surface area contributed by atoms with Gasteiger partial charge >= 0.3 is 0 Å². The highest BCUT2D eigenvalue weighted by Gasteiger charge is 2.28. The van der Waals surface area contributed by atoms with Crippen molar-refractivity contribution in [2.45, 2.75) is 24.3 Å². The predicted octanol–water partition coefficient (Wildman–Crippen LogP) is 2.33. The Morgan fingerprint density at radius 1 is 1.09 bits per heavy atom. The number of anilines is 3. The van der Waals surface area contributed by atoms with Crippen molar-refractivity contribution in [2.75, 3.05) is 76.0 Å². The van der Waals surface area contributed by atoms with Crippen LogP contribution in [0.4, 0.5) is 17.3 Å². The van der Waals surface area contributed by atoms with Crippen LogP contribution in [0, 0.1) is 5.92 Å². The molecule has 2 aliphatic rings. The maximum Gasteiger partial charge on any atom is 0.263 e. The number of hydrogen-bond donors (Lipinski definition) is 2. The van der Waals surface area contributed by atoms with Gasteiger partial charge in [-0.3, -0.25) is 19.1 Å². The number of carbonyl (C=O) groups excluding carboxylic acids is 1. The molecule has 0 spiro atoms. The van der Waals surface area contributed by atoms with E-state index in [2.05, 4.69) is 25.5 Å². The summed E-state index contributed by atoms with van der Waals surface area (Å²) in [6.45, 7) is 4.79. The summed E-state index contributed by atoms with van der Waals surface area (Å²) >= 11 is 0. The van der Waals surface area contributed by atoms with Gasteiger partial charge in [0.15, 0.2) is 15.6 Å². The zero-order chi connectivity index (χ0) is 33.0. The van der Waals surface area contributed by atoms with E-state index in [0.29, 0.717) is 38.0 Å². The predicted molar refractivity (Wildman–Crippen MR) is 180 cm³/mol. The lowest BCUT2D eigenvalue weighted by Crippen LogP contribution is -2.43. The first-order valence-electron chi connectivity index (χ1n) is 15.9. The minimum atomic E-state index is -3.73. The normalized spacial score (nSPS) is 16.1. The number of rotatable bonds is 11. The van der Waals surface area contributed by atoms with E-state index in [1.54, 1.807) is 37.3 Å². The molecule has 2 aliphatic heterocycles. The molecule has 0 unspecified atom stereocenters. The summed E-state index contributed by atoms with van der Waals surface area (Å²) in [5, 5.41) is 7.06. The van der Waals surface area contributed by atoms with Crippen LogP contribution in [-0.4, -0.2) is 104 Å². The number of hydrogen-bond acceptors (Lipinski definition) is 12. The first-order chi connectivity index (χ1) is 22.7. The molecule has 248 valence electrons. The zero-order valence-electron chi connectivity index (χ0n) is 26.7. The quantitative estimate of drug-likeness (QED) is 0.227. The Kier molecular flexibility index (Phi) is 9.92. The molecule has 14 heteroatoms. The van der Waals surface area contributed by atoms with Gasteiger partial charge < -0.3 is 25.2 Å². The lowest BCUT2D eigenvalue weighted by atomic mass is 9.91. The third-order valence-corrected chi connectivity index (χ3v) is 10.4. The smallest absolute Gasteiger partial charge is 0.263 e. The molecule has 47 heavy (non-hydrogen) atoms. The zero-order valence-corrected chi connectivity index (χ0v) is 27.5. The van der Waals surface area contributed by atoms with Crippen LogP contribution >= 0.6 is 0 Å². The maximum atomic E-state index is 14.1. The van der Waals surface area contributed by atoms with Gasteiger partial charge in [-0.05, 0) is 69.4 Å². The number of sulfone groups is 1. The molecular weight excluding hydrogens is 620 g/mol. The molecular formula is C33H40N8O5S. The molecule has 0 bridgehead atoms. The molecule has 3 aromatic heterocycles. The van der Waals surface area contributed by atoms with Crippen molar-refractivity contribution in [3.63, 3.8) is 0 Å². The summed E-state index contributed by atoms with van der Waals surface area (Å²) in [5.74, 6) is -0.463. The van der Waals surface area contributed by atoms with Gasteiger partial charge in [-0.15, -0.1) is 0 Å². The molecule has 6 rings (SSSR count).